The Morgan fingerprint density at radius 2 is 1.86 bits per heavy atom. The molecule has 7 nitrogen and oxygen atoms in total. The summed E-state index contributed by atoms with van der Waals surface area (Å²) >= 11 is 3.35. The van der Waals surface area contributed by atoms with Gasteiger partial charge in [0.2, 0.25) is 0 Å². The molecule has 0 radical (unpaired) electrons. The molecule has 2 aromatic carbocycles. The van der Waals surface area contributed by atoms with E-state index in [9.17, 15) is 23.9 Å². The predicted molar refractivity (Wildman–Crippen MR) is 103 cm³/mol. The van der Waals surface area contributed by atoms with Crippen molar-refractivity contribution in [3.8, 4) is 5.69 Å². The molecule has 0 bridgehead atoms. The van der Waals surface area contributed by atoms with Crippen molar-refractivity contribution >= 4 is 27.8 Å². The topological polar surface area (TPSA) is 104 Å². The minimum absolute atomic E-state index is 0.0447. The maximum Gasteiger partial charge on any atom is 0.305 e. The highest BCUT2D eigenvalue weighted by Crippen LogP contribution is 2.25. The van der Waals surface area contributed by atoms with Gasteiger partial charge in [0.15, 0.2) is 0 Å². The summed E-state index contributed by atoms with van der Waals surface area (Å²) in [4.78, 5) is 36.0. The van der Waals surface area contributed by atoms with Gasteiger partial charge in [-0.2, -0.15) is 0 Å². The number of carbonyl (C=O) groups is 2. The number of carboxylic acids is 1. The van der Waals surface area contributed by atoms with Gasteiger partial charge in [-0.3, -0.25) is 19.5 Å². The predicted octanol–water partition coefficient (Wildman–Crippen LogP) is 3.01. The maximum atomic E-state index is 13.1. The lowest BCUT2D eigenvalue weighted by Gasteiger charge is -2.18. The van der Waals surface area contributed by atoms with Gasteiger partial charge in [0, 0.05) is 10.5 Å². The lowest BCUT2D eigenvalue weighted by molar-refractivity contribution is -0.137. The fourth-order valence-electron chi connectivity index (χ4n) is 2.70. The molecular weight excluding hydrogens is 433 g/mol. The van der Waals surface area contributed by atoms with Crippen LogP contribution in [0.1, 0.15) is 28.5 Å². The largest absolute Gasteiger partial charge is 0.481 e. The fraction of sp³-hybridized carbons (Fsp3) is 0.105. The zero-order valence-corrected chi connectivity index (χ0v) is 15.9. The number of aromatic nitrogens is 2. The first-order valence-electron chi connectivity index (χ1n) is 8.20. The summed E-state index contributed by atoms with van der Waals surface area (Å²) in [5, 5.41) is 14.5. The molecule has 0 unspecified atom stereocenters. The Kier molecular flexibility index (Phi) is 5.74. The molecule has 0 aliphatic heterocycles. The van der Waals surface area contributed by atoms with E-state index in [0.29, 0.717) is 15.7 Å². The Bertz CT molecular complexity index is 1080. The number of benzene rings is 2. The second-order valence-corrected chi connectivity index (χ2v) is 6.82. The highest BCUT2D eigenvalue weighted by atomic mass is 79.9. The Morgan fingerprint density at radius 1 is 1.18 bits per heavy atom. The van der Waals surface area contributed by atoms with Gasteiger partial charge >= 0.3 is 5.97 Å². The molecule has 28 heavy (non-hydrogen) atoms. The summed E-state index contributed by atoms with van der Waals surface area (Å²) in [6, 6.07) is 12.4. The molecule has 3 rings (SSSR count). The van der Waals surface area contributed by atoms with Crippen LogP contribution in [0.25, 0.3) is 5.69 Å². The SMILES string of the molecule is O=C(O)C[C@H](NC(=O)c1cc(=O)n(-c2ccc(F)cc2)[nH]1)c1ccccc1Br. The van der Waals surface area contributed by atoms with E-state index in [1.54, 1.807) is 24.3 Å². The van der Waals surface area contributed by atoms with E-state index >= 15 is 0 Å². The third kappa shape index (κ3) is 4.37. The van der Waals surface area contributed by atoms with E-state index in [1.165, 1.54) is 24.3 Å². The highest BCUT2D eigenvalue weighted by Gasteiger charge is 2.22. The standard InChI is InChI=1S/C19H15BrFN3O4/c20-14-4-2-1-3-13(14)15(10-18(26)27)22-19(28)16-9-17(25)24(23-16)12-7-5-11(21)6-8-12/h1-9,15,23H,10H2,(H,22,28)(H,26,27)/t15-/m0/s1. The van der Waals surface area contributed by atoms with Crippen LogP contribution in [0.2, 0.25) is 0 Å². The number of nitrogens with zero attached hydrogens (tertiary/aromatic N) is 1. The smallest absolute Gasteiger partial charge is 0.305 e. The molecule has 0 saturated carbocycles. The molecule has 1 atom stereocenters. The van der Waals surface area contributed by atoms with Crippen molar-refractivity contribution in [2.45, 2.75) is 12.5 Å². The molecule has 0 aliphatic carbocycles. The third-order valence-corrected chi connectivity index (χ3v) is 4.74. The minimum atomic E-state index is -1.08. The van der Waals surface area contributed by atoms with Crippen LogP contribution in [-0.2, 0) is 4.79 Å². The van der Waals surface area contributed by atoms with Crippen LogP contribution in [0.5, 0.6) is 0 Å². The average Bonchev–Trinajstić information content (AvgIpc) is 3.04. The number of carbonyl (C=O) groups excluding carboxylic acids is 1. The van der Waals surface area contributed by atoms with Gasteiger partial charge < -0.3 is 10.4 Å². The van der Waals surface area contributed by atoms with Crippen molar-refractivity contribution in [2.75, 3.05) is 0 Å². The Hall–Kier alpha value is -3.20. The normalized spacial score (nSPS) is 11.8. The maximum absolute atomic E-state index is 13.1. The van der Waals surface area contributed by atoms with Crippen molar-refractivity contribution < 1.29 is 19.1 Å². The number of aliphatic carboxylic acids is 1. The van der Waals surface area contributed by atoms with E-state index in [0.717, 1.165) is 10.7 Å². The van der Waals surface area contributed by atoms with E-state index in [2.05, 4.69) is 26.3 Å². The van der Waals surface area contributed by atoms with Crippen LogP contribution in [0.4, 0.5) is 4.39 Å². The van der Waals surface area contributed by atoms with Gasteiger partial charge in [0.05, 0.1) is 18.2 Å². The lowest BCUT2D eigenvalue weighted by atomic mass is 10.0. The number of H-pyrrole nitrogens is 1. The quantitative estimate of drug-likeness (QED) is 0.540. The Labute approximate surface area is 166 Å². The summed E-state index contributed by atoms with van der Waals surface area (Å²) in [6.45, 7) is 0. The molecule has 0 aliphatic rings. The summed E-state index contributed by atoms with van der Waals surface area (Å²) in [5.74, 6) is -2.18. The van der Waals surface area contributed by atoms with Crippen molar-refractivity contribution in [3.63, 3.8) is 0 Å². The first kappa shape index (κ1) is 19.6. The van der Waals surface area contributed by atoms with Gasteiger partial charge in [-0.05, 0) is 35.9 Å². The molecular formula is C19H15BrFN3O4. The van der Waals surface area contributed by atoms with Gasteiger partial charge in [0.25, 0.3) is 11.5 Å². The number of hydrogen-bond donors (Lipinski definition) is 3. The van der Waals surface area contributed by atoms with Crippen LogP contribution in [0.15, 0.2) is 63.9 Å². The van der Waals surface area contributed by atoms with Crippen LogP contribution < -0.4 is 10.9 Å². The Balaban J connectivity index is 1.87. The fourth-order valence-corrected chi connectivity index (χ4v) is 3.26. The molecule has 0 fully saturated rings. The number of amides is 1. The molecule has 0 spiro atoms. The van der Waals surface area contributed by atoms with Crippen LogP contribution >= 0.6 is 15.9 Å². The first-order valence-corrected chi connectivity index (χ1v) is 8.99. The molecule has 144 valence electrons. The van der Waals surface area contributed by atoms with Crippen molar-refractivity contribution in [1.29, 1.82) is 0 Å². The van der Waals surface area contributed by atoms with Crippen molar-refractivity contribution in [3.05, 3.63) is 86.5 Å². The molecule has 9 heteroatoms. The minimum Gasteiger partial charge on any atom is -0.481 e. The van der Waals surface area contributed by atoms with E-state index < -0.39 is 29.3 Å². The molecule has 3 aromatic rings. The van der Waals surface area contributed by atoms with Crippen LogP contribution in [0, 0.1) is 5.82 Å². The molecule has 1 amide bonds. The van der Waals surface area contributed by atoms with E-state index in [1.807, 2.05) is 0 Å². The second-order valence-electron chi connectivity index (χ2n) is 5.97. The number of halogens is 2. The number of nitrogens with one attached hydrogen (secondary N) is 2. The van der Waals surface area contributed by atoms with Crippen molar-refractivity contribution in [2.24, 2.45) is 0 Å². The zero-order chi connectivity index (χ0) is 20.3. The van der Waals surface area contributed by atoms with Gasteiger partial charge in [-0.15, -0.1) is 0 Å². The summed E-state index contributed by atoms with van der Waals surface area (Å²) in [7, 11) is 0. The highest BCUT2D eigenvalue weighted by molar-refractivity contribution is 9.10. The molecule has 0 saturated heterocycles. The number of aromatic amines is 1. The Morgan fingerprint density at radius 3 is 2.50 bits per heavy atom. The summed E-state index contributed by atoms with van der Waals surface area (Å²) in [5.41, 5.74) is 0.404. The van der Waals surface area contributed by atoms with Crippen LogP contribution in [0.3, 0.4) is 0 Å². The second kappa shape index (κ2) is 8.22. The van der Waals surface area contributed by atoms with Gasteiger partial charge in [0.1, 0.15) is 11.5 Å². The molecule has 1 heterocycles. The average molecular weight is 448 g/mol. The molecule has 3 N–H and O–H groups in total. The summed E-state index contributed by atoms with van der Waals surface area (Å²) in [6.07, 6.45) is -0.336. The van der Waals surface area contributed by atoms with Gasteiger partial charge in [-0.25, -0.2) is 9.07 Å². The monoisotopic (exact) mass is 447 g/mol. The number of hydrogen-bond acceptors (Lipinski definition) is 3. The third-order valence-electron chi connectivity index (χ3n) is 4.01. The van der Waals surface area contributed by atoms with Crippen molar-refractivity contribution in [1.82, 2.24) is 15.1 Å². The number of rotatable bonds is 6. The molecule has 1 aromatic heterocycles. The lowest BCUT2D eigenvalue weighted by Crippen LogP contribution is -2.30. The van der Waals surface area contributed by atoms with E-state index in [-0.39, 0.29) is 12.1 Å². The zero-order valence-electron chi connectivity index (χ0n) is 14.4. The number of carboxylic acid groups (broad SMARTS) is 1. The van der Waals surface area contributed by atoms with E-state index in [4.69, 9.17) is 0 Å². The van der Waals surface area contributed by atoms with Gasteiger partial charge in [-0.1, -0.05) is 34.1 Å². The first-order chi connectivity index (χ1) is 13.3. The van der Waals surface area contributed by atoms with Crippen LogP contribution in [-0.4, -0.2) is 26.8 Å². The summed E-state index contributed by atoms with van der Waals surface area (Å²) < 4.78 is 14.8.